The van der Waals surface area contributed by atoms with Crippen molar-refractivity contribution in [1.29, 1.82) is 0 Å². The second-order valence-corrected chi connectivity index (χ2v) is 6.54. The molecule has 32 heavy (non-hydrogen) atoms. The maximum absolute atomic E-state index is 12.5. The highest BCUT2D eigenvalue weighted by molar-refractivity contribution is 14.0. The lowest BCUT2D eigenvalue weighted by Crippen LogP contribution is -2.39. The molecule has 7 nitrogen and oxygen atoms in total. The number of methoxy groups -OCH3 is 1. The number of halogens is 4. The highest BCUT2D eigenvalue weighted by atomic mass is 127. The highest BCUT2D eigenvalue weighted by Crippen LogP contribution is 2.29. The van der Waals surface area contributed by atoms with Gasteiger partial charge in [0.15, 0.2) is 5.96 Å². The van der Waals surface area contributed by atoms with Crippen molar-refractivity contribution in [1.82, 2.24) is 15.6 Å². The summed E-state index contributed by atoms with van der Waals surface area (Å²) in [4.78, 5) is 7.81. The van der Waals surface area contributed by atoms with Crippen molar-refractivity contribution < 1.29 is 27.4 Å². The molecule has 2 N–H and O–H groups in total. The Morgan fingerprint density at radius 2 is 1.84 bits per heavy atom. The van der Waals surface area contributed by atoms with Gasteiger partial charge in [0.1, 0.15) is 19.0 Å². The van der Waals surface area contributed by atoms with Crippen LogP contribution in [0.4, 0.5) is 13.2 Å². The van der Waals surface area contributed by atoms with Crippen LogP contribution in [-0.2, 0) is 17.5 Å². The topological polar surface area (TPSA) is 77.0 Å². The van der Waals surface area contributed by atoms with Gasteiger partial charge in [-0.25, -0.2) is 4.98 Å². The Bertz CT molecular complexity index is 849. The predicted molar refractivity (Wildman–Crippen MR) is 127 cm³/mol. The summed E-state index contributed by atoms with van der Waals surface area (Å²) in [5, 5.41) is 6.26. The molecule has 0 aliphatic carbocycles. The Morgan fingerprint density at radius 3 is 2.47 bits per heavy atom. The maximum atomic E-state index is 12.5. The van der Waals surface area contributed by atoms with E-state index in [2.05, 4.69) is 20.6 Å². The lowest BCUT2D eigenvalue weighted by atomic mass is 10.1. The summed E-state index contributed by atoms with van der Waals surface area (Å²) in [5.74, 6) is 1.44. The molecule has 0 aliphatic rings. The van der Waals surface area contributed by atoms with Crippen LogP contribution in [0.5, 0.6) is 11.6 Å². The molecule has 0 aliphatic heterocycles. The van der Waals surface area contributed by atoms with Gasteiger partial charge in [-0.1, -0.05) is 12.1 Å². The van der Waals surface area contributed by atoms with Gasteiger partial charge in [0.25, 0.3) is 0 Å². The van der Waals surface area contributed by atoms with Gasteiger partial charge in [-0.3, -0.25) is 4.99 Å². The number of hydrogen-bond donors (Lipinski definition) is 2. The number of rotatable bonds is 10. The lowest BCUT2D eigenvalue weighted by Gasteiger charge is -2.15. The van der Waals surface area contributed by atoms with Gasteiger partial charge in [0.2, 0.25) is 5.88 Å². The molecule has 0 unspecified atom stereocenters. The van der Waals surface area contributed by atoms with E-state index in [9.17, 15) is 13.2 Å². The van der Waals surface area contributed by atoms with Crippen molar-refractivity contribution in [2.75, 3.05) is 40.5 Å². The Hall–Kier alpha value is -2.28. The fraction of sp³-hybridized carbons (Fsp3) is 0.429. The lowest BCUT2D eigenvalue weighted by molar-refractivity contribution is -0.137. The number of aliphatic imine (C=N–C) groups is 1. The van der Waals surface area contributed by atoms with Crippen molar-refractivity contribution in [3.63, 3.8) is 0 Å². The zero-order chi connectivity index (χ0) is 22.7. The molecule has 178 valence electrons. The molecule has 0 amide bonds. The minimum absolute atomic E-state index is 0. The summed E-state index contributed by atoms with van der Waals surface area (Å²) in [6.07, 6.45) is -3.67. The number of hydrogen-bond acceptors (Lipinski definition) is 5. The normalized spacial score (nSPS) is 11.5. The average Bonchev–Trinajstić information content (AvgIpc) is 2.74. The fourth-order valence-electron chi connectivity index (χ4n) is 2.54. The number of nitrogens with zero attached hydrogens (tertiary/aromatic N) is 2. The molecule has 0 fully saturated rings. The van der Waals surface area contributed by atoms with Crippen LogP contribution in [0.25, 0.3) is 0 Å². The van der Waals surface area contributed by atoms with E-state index in [1.807, 2.05) is 25.1 Å². The van der Waals surface area contributed by atoms with Crippen molar-refractivity contribution in [3.05, 3.63) is 53.2 Å². The third-order valence-electron chi connectivity index (χ3n) is 4.15. The quantitative estimate of drug-likeness (QED) is 0.197. The first kappa shape index (κ1) is 27.8. The van der Waals surface area contributed by atoms with E-state index in [1.54, 1.807) is 14.2 Å². The fourth-order valence-corrected chi connectivity index (χ4v) is 2.54. The van der Waals surface area contributed by atoms with Crippen LogP contribution in [-0.4, -0.2) is 51.5 Å². The van der Waals surface area contributed by atoms with Gasteiger partial charge in [-0.05, 0) is 24.6 Å². The van der Waals surface area contributed by atoms with Gasteiger partial charge in [-0.15, -0.1) is 24.0 Å². The monoisotopic (exact) mass is 568 g/mol. The first-order valence-electron chi connectivity index (χ1n) is 9.65. The molecule has 1 aromatic carbocycles. The van der Waals surface area contributed by atoms with E-state index in [1.165, 1.54) is 6.07 Å². The van der Waals surface area contributed by atoms with Crippen LogP contribution >= 0.6 is 24.0 Å². The molecule has 0 spiro atoms. The van der Waals surface area contributed by atoms with Crippen LogP contribution in [0.3, 0.4) is 0 Å². The highest BCUT2D eigenvalue weighted by Gasteiger charge is 2.30. The van der Waals surface area contributed by atoms with Crippen LogP contribution in [0, 0.1) is 6.92 Å². The molecule has 0 atom stereocenters. The van der Waals surface area contributed by atoms with E-state index >= 15 is 0 Å². The number of alkyl halides is 3. The van der Waals surface area contributed by atoms with E-state index < -0.39 is 11.7 Å². The summed E-state index contributed by atoms with van der Waals surface area (Å²) in [5.41, 5.74) is 1.24. The molecule has 2 rings (SSSR count). The second kappa shape index (κ2) is 14.0. The first-order chi connectivity index (χ1) is 14.8. The van der Waals surface area contributed by atoms with Crippen LogP contribution < -0.4 is 20.1 Å². The number of ether oxygens (including phenoxy) is 3. The minimum Gasteiger partial charge on any atom is -0.491 e. The van der Waals surface area contributed by atoms with E-state index in [-0.39, 0.29) is 36.5 Å². The van der Waals surface area contributed by atoms with Crippen molar-refractivity contribution in [3.8, 4) is 11.6 Å². The zero-order valence-corrected chi connectivity index (χ0v) is 20.5. The Morgan fingerprint density at radius 1 is 1.06 bits per heavy atom. The first-order valence-corrected chi connectivity index (χ1v) is 9.65. The third kappa shape index (κ3) is 9.47. The minimum atomic E-state index is -4.42. The Balaban J connectivity index is 0.00000512. The number of aryl methyl sites for hydroxylation is 1. The van der Waals surface area contributed by atoms with Gasteiger partial charge in [-0.2, -0.15) is 13.2 Å². The largest absolute Gasteiger partial charge is 0.491 e. The summed E-state index contributed by atoms with van der Waals surface area (Å²) in [6.45, 7) is 4.02. The number of nitrogens with one attached hydrogen (secondary N) is 2. The summed E-state index contributed by atoms with van der Waals surface area (Å²) in [6, 6.07) is 8.08. The molecule has 0 saturated heterocycles. The molecule has 1 heterocycles. The average molecular weight is 568 g/mol. The van der Waals surface area contributed by atoms with E-state index in [0.29, 0.717) is 32.3 Å². The maximum Gasteiger partial charge on any atom is 0.417 e. The molecule has 0 bridgehead atoms. The molecular formula is C21H28F3IN4O3. The smallest absolute Gasteiger partial charge is 0.417 e. The Labute approximate surface area is 202 Å². The van der Waals surface area contributed by atoms with Crippen LogP contribution in [0.15, 0.2) is 41.5 Å². The molecule has 1 aromatic heterocycles. The van der Waals surface area contributed by atoms with E-state index in [4.69, 9.17) is 14.2 Å². The van der Waals surface area contributed by atoms with Crippen LogP contribution in [0.1, 0.15) is 16.7 Å². The van der Waals surface area contributed by atoms with E-state index in [0.717, 1.165) is 29.1 Å². The SMILES string of the molecule is CN=C(NCCOc1ccc(C(F)(F)F)cn1)NCc1ccc(C)cc1OCCOC.I. The molecule has 2 aromatic rings. The van der Waals surface area contributed by atoms with Gasteiger partial charge in [0.05, 0.1) is 18.7 Å². The third-order valence-corrected chi connectivity index (χ3v) is 4.15. The molecule has 0 radical (unpaired) electrons. The van der Waals surface area contributed by atoms with Gasteiger partial charge >= 0.3 is 6.18 Å². The van der Waals surface area contributed by atoms with Crippen LogP contribution in [0.2, 0.25) is 0 Å². The second-order valence-electron chi connectivity index (χ2n) is 6.54. The van der Waals surface area contributed by atoms with Gasteiger partial charge in [0, 0.05) is 38.5 Å². The number of benzene rings is 1. The standard InChI is InChI=1S/C21H27F3N4O3.HI/c1-15-4-5-16(18(12-15)30-11-10-29-3)13-28-20(25-2)26-8-9-31-19-7-6-17(14-27-19)21(22,23)24;/h4-7,12,14H,8-11,13H2,1-3H3,(H2,25,26,28);1H. The number of aromatic nitrogens is 1. The molecule has 11 heteroatoms. The van der Waals surface area contributed by atoms with Crippen molar-refractivity contribution in [2.24, 2.45) is 4.99 Å². The number of guanidine groups is 1. The predicted octanol–water partition coefficient (Wildman–Crippen LogP) is 3.80. The summed E-state index contributed by atoms with van der Waals surface area (Å²) < 4.78 is 53.8. The molecule has 0 saturated carbocycles. The van der Waals surface area contributed by atoms with Crippen molar-refractivity contribution in [2.45, 2.75) is 19.6 Å². The molecular weight excluding hydrogens is 540 g/mol. The zero-order valence-electron chi connectivity index (χ0n) is 18.2. The summed E-state index contributed by atoms with van der Waals surface area (Å²) >= 11 is 0. The summed E-state index contributed by atoms with van der Waals surface area (Å²) in [7, 11) is 3.26. The Kier molecular flexibility index (Phi) is 12.1. The van der Waals surface area contributed by atoms with Gasteiger partial charge < -0.3 is 24.8 Å². The van der Waals surface area contributed by atoms with Crippen molar-refractivity contribution >= 4 is 29.9 Å². The number of pyridine rings is 1.